The third kappa shape index (κ3) is 4.71. The van der Waals surface area contributed by atoms with Crippen molar-refractivity contribution in [2.24, 2.45) is 5.16 Å². The highest BCUT2D eigenvalue weighted by molar-refractivity contribution is 7.98. The Hall–Kier alpha value is -3.18. The van der Waals surface area contributed by atoms with Crippen molar-refractivity contribution in [1.82, 2.24) is 0 Å². The first-order chi connectivity index (χ1) is 13.2. The number of carbonyl (C=O) groups is 2. The molecule has 3 aromatic carbocycles. The number of oxime groups is 1. The van der Waals surface area contributed by atoms with E-state index in [4.69, 9.17) is 4.84 Å². The zero-order chi connectivity index (χ0) is 19.1. The normalized spacial score (nSPS) is 11.1. The van der Waals surface area contributed by atoms with Gasteiger partial charge in [0.05, 0.1) is 5.56 Å². The lowest BCUT2D eigenvalue weighted by Crippen LogP contribution is -2.17. The summed E-state index contributed by atoms with van der Waals surface area (Å²) in [7, 11) is 0. The van der Waals surface area contributed by atoms with Crippen molar-refractivity contribution in [1.29, 1.82) is 0 Å². The molecule has 5 heteroatoms. The van der Waals surface area contributed by atoms with E-state index in [-0.39, 0.29) is 11.5 Å². The zero-order valence-electron chi connectivity index (χ0n) is 14.7. The van der Waals surface area contributed by atoms with Gasteiger partial charge in [-0.25, -0.2) is 4.79 Å². The molecule has 27 heavy (non-hydrogen) atoms. The van der Waals surface area contributed by atoms with Gasteiger partial charge in [0.2, 0.25) is 5.78 Å². The maximum Gasteiger partial charge on any atom is 0.365 e. The second-order valence-electron chi connectivity index (χ2n) is 5.61. The number of ketones is 1. The van der Waals surface area contributed by atoms with Crippen LogP contribution in [0.3, 0.4) is 0 Å². The number of benzene rings is 3. The molecule has 3 aromatic rings. The Morgan fingerprint density at radius 2 is 1.30 bits per heavy atom. The summed E-state index contributed by atoms with van der Waals surface area (Å²) in [5, 5.41) is 3.90. The minimum absolute atomic E-state index is 0.0804. The molecule has 0 radical (unpaired) electrons. The highest BCUT2D eigenvalue weighted by atomic mass is 32.2. The van der Waals surface area contributed by atoms with Crippen molar-refractivity contribution in [3.63, 3.8) is 0 Å². The van der Waals surface area contributed by atoms with Gasteiger partial charge in [0, 0.05) is 16.0 Å². The molecule has 0 aliphatic rings. The largest absolute Gasteiger partial charge is 0.365 e. The van der Waals surface area contributed by atoms with Gasteiger partial charge in [0.15, 0.2) is 5.71 Å². The number of rotatable bonds is 6. The molecule has 0 aliphatic carbocycles. The molecule has 0 fully saturated rings. The summed E-state index contributed by atoms with van der Waals surface area (Å²) in [6.07, 6.45) is 1.97. The summed E-state index contributed by atoms with van der Waals surface area (Å²) in [6, 6.07) is 24.7. The quantitative estimate of drug-likeness (QED) is 0.203. The fourth-order valence-electron chi connectivity index (χ4n) is 2.41. The van der Waals surface area contributed by atoms with Gasteiger partial charge in [-0.2, -0.15) is 0 Å². The lowest BCUT2D eigenvalue weighted by atomic mass is 10.0. The van der Waals surface area contributed by atoms with Gasteiger partial charge in [-0.1, -0.05) is 53.7 Å². The first kappa shape index (κ1) is 18.6. The molecule has 0 unspecified atom stereocenters. The number of thioether (sulfide) groups is 1. The van der Waals surface area contributed by atoms with Crippen LogP contribution in [0.2, 0.25) is 0 Å². The second-order valence-corrected chi connectivity index (χ2v) is 6.49. The van der Waals surface area contributed by atoms with Gasteiger partial charge in [-0.05, 0) is 42.7 Å². The second kappa shape index (κ2) is 8.96. The standard InChI is InChI=1S/C22H17NO3S/c1-27-19-14-12-17(13-15-19)21(24)20(16-8-4-2-5-9-16)23-26-22(25)18-10-6-3-7-11-18/h2-15H,1H3. The van der Waals surface area contributed by atoms with Crippen LogP contribution < -0.4 is 0 Å². The van der Waals surface area contributed by atoms with E-state index in [1.165, 1.54) is 0 Å². The molecule has 3 rings (SSSR count). The first-order valence-electron chi connectivity index (χ1n) is 8.27. The monoisotopic (exact) mass is 375 g/mol. The molecule has 0 amide bonds. The summed E-state index contributed by atoms with van der Waals surface area (Å²) in [6.45, 7) is 0. The van der Waals surface area contributed by atoms with Crippen LogP contribution in [0.1, 0.15) is 26.3 Å². The van der Waals surface area contributed by atoms with Gasteiger partial charge in [-0.15, -0.1) is 11.8 Å². The summed E-state index contributed by atoms with van der Waals surface area (Å²) < 4.78 is 0. The number of Topliss-reactive ketones (excluding diaryl/α,β-unsaturated/α-hetero) is 1. The topological polar surface area (TPSA) is 55.7 Å². The van der Waals surface area contributed by atoms with Gasteiger partial charge in [0.1, 0.15) is 0 Å². The smallest absolute Gasteiger partial charge is 0.312 e. The summed E-state index contributed by atoms with van der Waals surface area (Å²) in [5.74, 6) is -0.927. The molecule has 0 heterocycles. The van der Waals surface area contributed by atoms with E-state index >= 15 is 0 Å². The Balaban J connectivity index is 1.91. The average Bonchev–Trinajstić information content (AvgIpc) is 2.75. The Kier molecular flexibility index (Phi) is 6.18. The lowest BCUT2D eigenvalue weighted by Gasteiger charge is -2.07. The van der Waals surface area contributed by atoms with Crippen molar-refractivity contribution in [2.45, 2.75) is 4.90 Å². The molecule has 0 saturated heterocycles. The Bertz CT molecular complexity index is 952. The fraction of sp³-hybridized carbons (Fsp3) is 0.0455. The molecule has 0 aliphatic heterocycles. The maximum atomic E-state index is 13.0. The molecule has 0 saturated carbocycles. The van der Waals surface area contributed by atoms with E-state index < -0.39 is 5.97 Å². The third-order valence-electron chi connectivity index (χ3n) is 3.84. The Morgan fingerprint density at radius 1 is 0.741 bits per heavy atom. The van der Waals surface area contributed by atoms with E-state index in [2.05, 4.69) is 5.16 Å². The molecular formula is C22H17NO3S. The van der Waals surface area contributed by atoms with Crippen LogP contribution in [-0.4, -0.2) is 23.7 Å². The maximum absolute atomic E-state index is 13.0. The Labute approximate surface area is 161 Å². The summed E-state index contributed by atoms with van der Waals surface area (Å²) >= 11 is 1.59. The lowest BCUT2D eigenvalue weighted by molar-refractivity contribution is 0.0516. The molecule has 134 valence electrons. The summed E-state index contributed by atoms with van der Waals surface area (Å²) in [5.41, 5.74) is 1.51. The first-order valence-corrected chi connectivity index (χ1v) is 9.50. The van der Waals surface area contributed by atoms with Crippen LogP contribution in [0, 0.1) is 0 Å². The van der Waals surface area contributed by atoms with E-state index in [1.54, 1.807) is 78.5 Å². The van der Waals surface area contributed by atoms with Gasteiger partial charge >= 0.3 is 5.97 Å². The fourth-order valence-corrected chi connectivity index (χ4v) is 2.82. The predicted molar refractivity (Wildman–Crippen MR) is 107 cm³/mol. The van der Waals surface area contributed by atoms with E-state index in [1.807, 2.05) is 24.5 Å². The Morgan fingerprint density at radius 3 is 1.85 bits per heavy atom. The van der Waals surface area contributed by atoms with Crippen molar-refractivity contribution in [3.8, 4) is 0 Å². The van der Waals surface area contributed by atoms with Crippen molar-refractivity contribution < 1.29 is 14.4 Å². The molecule has 0 atom stereocenters. The van der Waals surface area contributed by atoms with Gasteiger partial charge in [-0.3, -0.25) is 4.79 Å². The molecular weight excluding hydrogens is 358 g/mol. The van der Waals surface area contributed by atoms with Crippen LogP contribution >= 0.6 is 11.8 Å². The van der Waals surface area contributed by atoms with Crippen molar-refractivity contribution in [2.75, 3.05) is 6.26 Å². The van der Waals surface area contributed by atoms with Crippen LogP contribution in [0.4, 0.5) is 0 Å². The predicted octanol–water partition coefficient (Wildman–Crippen LogP) is 4.85. The minimum atomic E-state index is -0.616. The minimum Gasteiger partial charge on any atom is -0.312 e. The highest BCUT2D eigenvalue weighted by Gasteiger charge is 2.18. The molecule has 0 N–H and O–H groups in total. The van der Waals surface area contributed by atoms with Gasteiger partial charge < -0.3 is 4.84 Å². The summed E-state index contributed by atoms with van der Waals surface area (Å²) in [4.78, 5) is 31.3. The van der Waals surface area contributed by atoms with E-state index in [9.17, 15) is 9.59 Å². The van der Waals surface area contributed by atoms with Crippen molar-refractivity contribution >= 4 is 29.2 Å². The van der Waals surface area contributed by atoms with Crippen LogP contribution in [0.5, 0.6) is 0 Å². The van der Waals surface area contributed by atoms with Crippen LogP contribution in [0.25, 0.3) is 0 Å². The number of hydrogen-bond acceptors (Lipinski definition) is 5. The molecule has 0 bridgehead atoms. The highest BCUT2D eigenvalue weighted by Crippen LogP contribution is 2.17. The number of nitrogens with zero attached hydrogens (tertiary/aromatic N) is 1. The van der Waals surface area contributed by atoms with E-state index in [0.717, 1.165) is 4.90 Å². The average molecular weight is 375 g/mol. The third-order valence-corrected chi connectivity index (χ3v) is 4.59. The van der Waals surface area contributed by atoms with Gasteiger partial charge in [0.25, 0.3) is 0 Å². The molecule has 0 spiro atoms. The van der Waals surface area contributed by atoms with Crippen LogP contribution in [0.15, 0.2) is 95.0 Å². The van der Waals surface area contributed by atoms with Crippen molar-refractivity contribution in [3.05, 3.63) is 102 Å². The molecule has 4 nitrogen and oxygen atoms in total. The number of carbonyl (C=O) groups excluding carboxylic acids is 2. The number of hydrogen-bond donors (Lipinski definition) is 0. The zero-order valence-corrected chi connectivity index (χ0v) is 15.5. The molecule has 0 aromatic heterocycles. The van der Waals surface area contributed by atoms with Crippen LogP contribution in [-0.2, 0) is 4.84 Å². The SMILES string of the molecule is CSc1ccc(C(=O)C(=NOC(=O)c2ccccc2)c2ccccc2)cc1. The van der Waals surface area contributed by atoms with E-state index in [0.29, 0.717) is 16.7 Å².